The minimum atomic E-state index is 0.582. The number of aryl methyl sites for hydroxylation is 4. The highest BCUT2D eigenvalue weighted by molar-refractivity contribution is 5.24. The Hall–Kier alpha value is -1.77. The van der Waals surface area contributed by atoms with E-state index in [1.54, 1.807) is 0 Å². The molecule has 84 valence electrons. The van der Waals surface area contributed by atoms with Crippen LogP contribution in [0.4, 0.5) is 5.95 Å². The van der Waals surface area contributed by atoms with Crippen LogP contribution in [-0.2, 0) is 19.9 Å². The number of anilines is 1. The number of aromatic nitrogens is 2. The van der Waals surface area contributed by atoms with E-state index >= 15 is 0 Å². The van der Waals surface area contributed by atoms with E-state index in [2.05, 4.69) is 36.2 Å². The van der Waals surface area contributed by atoms with E-state index in [4.69, 9.17) is 5.73 Å². The van der Waals surface area contributed by atoms with Gasteiger partial charge >= 0.3 is 0 Å². The van der Waals surface area contributed by atoms with Gasteiger partial charge in [0.05, 0.1) is 5.69 Å². The molecule has 0 amide bonds. The average Bonchev–Trinajstić information content (AvgIpc) is 2.58. The Morgan fingerprint density at radius 3 is 2.44 bits per heavy atom. The number of hydrogen-bond acceptors (Lipinski definition) is 2. The molecular formula is C13H17N3. The second-order valence-corrected chi connectivity index (χ2v) is 4.19. The molecule has 0 aliphatic carbocycles. The highest BCUT2D eigenvalue weighted by atomic mass is 15.1. The molecule has 1 heterocycles. The van der Waals surface area contributed by atoms with E-state index in [0.717, 1.165) is 18.5 Å². The molecule has 2 N–H and O–H groups in total. The van der Waals surface area contributed by atoms with Gasteiger partial charge in [-0.3, -0.25) is 0 Å². The quantitative estimate of drug-likeness (QED) is 0.852. The first-order valence-electron chi connectivity index (χ1n) is 5.48. The van der Waals surface area contributed by atoms with Crippen molar-refractivity contribution in [1.29, 1.82) is 0 Å². The summed E-state index contributed by atoms with van der Waals surface area (Å²) >= 11 is 0. The van der Waals surface area contributed by atoms with Gasteiger partial charge in [0.15, 0.2) is 5.95 Å². The SMILES string of the molecule is Cc1ccc(CCc2cn(C)c(N)n2)cc1. The Balaban J connectivity index is 1.99. The standard InChI is InChI=1S/C13H17N3/c1-10-3-5-11(6-4-10)7-8-12-9-16(2)13(14)15-12/h3-6,9H,7-8H2,1-2H3,(H2,14,15). The molecule has 0 fully saturated rings. The molecule has 0 aliphatic rings. The van der Waals surface area contributed by atoms with Crippen molar-refractivity contribution in [3.8, 4) is 0 Å². The Morgan fingerprint density at radius 1 is 1.19 bits per heavy atom. The van der Waals surface area contributed by atoms with Crippen LogP contribution in [0.15, 0.2) is 30.5 Å². The lowest BCUT2D eigenvalue weighted by molar-refractivity contribution is 0.909. The zero-order valence-electron chi connectivity index (χ0n) is 9.77. The Kier molecular flexibility index (Phi) is 2.95. The molecule has 3 nitrogen and oxygen atoms in total. The average molecular weight is 215 g/mol. The lowest BCUT2D eigenvalue weighted by atomic mass is 10.1. The van der Waals surface area contributed by atoms with Crippen LogP contribution in [0, 0.1) is 6.92 Å². The van der Waals surface area contributed by atoms with Crippen molar-refractivity contribution < 1.29 is 0 Å². The van der Waals surface area contributed by atoms with Gasteiger partial charge in [-0.05, 0) is 25.3 Å². The monoisotopic (exact) mass is 215 g/mol. The summed E-state index contributed by atoms with van der Waals surface area (Å²) in [5.41, 5.74) is 9.38. The molecule has 1 aromatic carbocycles. The Bertz CT molecular complexity index is 449. The Morgan fingerprint density at radius 2 is 1.88 bits per heavy atom. The fraction of sp³-hybridized carbons (Fsp3) is 0.308. The zero-order chi connectivity index (χ0) is 11.5. The summed E-state index contributed by atoms with van der Waals surface area (Å²) < 4.78 is 1.85. The molecule has 16 heavy (non-hydrogen) atoms. The second kappa shape index (κ2) is 4.39. The minimum Gasteiger partial charge on any atom is -0.369 e. The molecule has 0 atom stereocenters. The molecule has 0 bridgehead atoms. The van der Waals surface area contributed by atoms with Crippen molar-refractivity contribution in [3.05, 3.63) is 47.3 Å². The molecule has 0 saturated heterocycles. The van der Waals surface area contributed by atoms with Crippen molar-refractivity contribution in [2.75, 3.05) is 5.73 Å². The molecule has 0 saturated carbocycles. The number of benzene rings is 1. The maximum atomic E-state index is 5.68. The van der Waals surface area contributed by atoms with Crippen LogP contribution in [0.1, 0.15) is 16.8 Å². The van der Waals surface area contributed by atoms with Crippen molar-refractivity contribution in [2.24, 2.45) is 7.05 Å². The van der Waals surface area contributed by atoms with E-state index < -0.39 is 0 Å². The van der Waals surface area contributed by atoms with Crippen molar-refractivity contribution in [1.82, 2.24) is 9.55 Å². The predicted octanol–water partition coefficient (Wildman–Crippen LogP) is 2.10. The van der Waals surface area contributed by atoms with Gasteiger partial charge in [0, 0.05) is 13.2 Å². The molecule has 2 aromatic rings. The number of imidazole rings is 1. The van der Waals surface area contributed by atoms with Crippen LogP contribution >= 0.6 is 0 Å². The third-order valence-electron chi connectivity index (χ3n) is 2.75. The lowest BCUT2D eigenvalue weighted by Gasteiger charge is -1.99. The summed E-state index contributed by atoms with van der Waals surface area (Å²) in [6.07, 6.45) is 3.94. The summed E-state index contributed by atoms with van der Waals surface area (Å²) in [7, 11) is 1.91. The van der Waals surface area contributed by atoms with E-state index in [9.17, 15) is 0 Å². The second-order valence-electron chi connectivity index (χ2n) is 4.19. The van der Waals surface area contributed by atoms with Crippen LogP contribution < -0.4 is 5.73 Å². The fourth-order valence-electron chi connectivity index (χ4n) is 1.69. The van der Waals surface area contributed by atoms with Crippen LogP contribution in [0.3, 0.4) is 0 Å². The molecule has 1 aromatic heterocycles. The first-order valence-corrected chi connectivity index (χ1v) is 5.48. The van der Waals surface area contributed by atoms with Gasteiger partial charge < -0.3 is 10.3 Å². The molecule has 0 aliphatic heterocycles. The van der Waals surface area contributed by atoms with E-state index in [-0.39, 0.29) is 0 Å². The van der Waals surface area contributed by atoms with Crippen LogP contribution in [0.25, 0.3) is 0 Å². The Labute approximate surface area is 95.9 Å². The van der Waals surface area contributed by atoms with Gasteiger partial charge in [-0.2, -0.15) is 0 Å². The summed E-state index contributed by atoms with van der Waals surface area (Å²) in [6.45, 7) is 2.10. The summed E-state index contributed by atoms with van der Waals surface area (Å²) in [5, 5.41) is 0. The molecular weight excluding hydrogens is 198 g/mol. The van der Waals surface area contributed by atoms with E-state index in [1.165, 1.54) is 11.1 Å². The zero-order valence-corrected chi connectivity index (χ0v) is 9.77. The van der Waals surface area contributed by atoms with Gasteiger partial charge in [0.2, 0.25) is 0 Å². The number of rotatable bonds is 3. The third-order valence-corrected chi connectivity index (χ3v) is 2.75. The smallest absolute Gasteiger partial charge is 0.200 e. The molecule has 3 heteroatoms. The molecule has 0 radical (unpaired) electrons. The topological polar surface area (TPSA) is 43.8 Å². The van der Waals surface area contributed by atoms with Crippen molar-refractivity contribution in [3.63, 3.8) is 0 Å². The summed E-state index contributed by atoms with van der Waals surface area (Å²) in [4.78, 5) is 4.28. The van der Waals surface area contributed by atoms with Gasteiger partial charge in [-0.25, -0.2) is 4.98 Å². The van der Waals surface area contributed by atoms with Gasteiger partial charge in [0.25, 0.3) is 0 Å². The molecule has 0 spiro atoms. The molecule has 0 unspecified atom stereocenters. The maximum Gasteiger partial charge on any atom is 0.200 e. The predicted molar refractivity (Wildman–Crippen MR) is 66.2 cm³/mol. The summed E-state index contributed by atoms with van der Waals surface area (Å²) in [5.74, 6) is 0.582. The maximum absolute atomic E-state index is 5.68. The number of nitrogens with zero attached hydrogens (tertiary/aromatic N) is 2. The fourth-order valence-corrected chi connectivity index (χ4v) is 1.69. The van der Waals surface area contributed by atoms with Gasteiger partial charge in [-0.15, -0.1) is 0 Å². The highest BCUT2D eigenvalue weighted by Crippen LogP contribution is 2.09. The minimum absolute atomic E-state index is 0.582. The van der Waals surface area contributed by atoms with Crippen molar-refractivity contribution in [2.45, 2.75) is 19.8 Å². The number of hydrogen-bond donors (Lipinski definition) is 1. The normalized spacial score (nSPS) is 10.6. The first kappa shape index (κ1) is 10.7. The van der Waals surface area contributed by atoms with Crippen LogP contribution in [-0.4, -0.2) is 9.55 Å². The van der Waals surface area contributed by atoms with Gasteiger partial charge in [-0.1, -0.05) is 29.8 Å². The number of nitrogen functional groups attached to an aromatic ring is 1. The molecule has 2 rings (SSSR count). The number of nitrogens with two attached hydrogens (primary N) is 1. The first-order chi connectivity index (χ1) is 7.65. The van der Waals surface area contributed by atoms with Gasteiger partial charge in [0.1, 0.15) is 0 Å². The van der Waals surface area contributed by atoms with E-state index in [0.29, 0.717) is 5.95 Å². The largest absolute Gasteiger partial charge is 0.369 e. The van der Waals surface area contributed by atoms with Crippen molar-refractivity contribution >= 4 is 5.95 Å². The third kappa shape index (κ3) is 2.42. The van der Waals surface area contributed by atoms with Crippen LogP contribution in [0.5, 0.6) is 0 Å². The van der Waals surface area contributed by atoms with Crippen LogP contribution in [0.2, 0.25) is 0 Å². The van der Waals surface area contributed by atoms with E-state index in [1.807, 2.05) is 17.8 Å². The lowest BCUT2D eigenvalue weighted by Crippen LogP contribution is -1.95. The highest BCUT2D eigenvalue weighted by Gasteiger charge is 2.02. The summed E-state index contributed by atoms with van der Waals surface area (Å²) in [6, 6.07) is 8.62.